The molecule has 3 N–H and O–H groups in total. The van der Waals surface area contributed by atoms with Crippen LogP contribution in [-0.4, -0.2) is 36.6 Å². The van der Waals surface area contributed by atoms with Crippen LogP contribution in [0.15, 0.2) is 23.1 Å². The van der Waals surface area contributed by atoms with Crippen molar-refractivity contribution in [1.82, 2.24) is 5.32 Å². The average Bonchev–Trinajstić information content (AvgIpc) is 2.26. The van der Waals surface area contributed by atoms with E-state index >= 15 is 0 Å². The van der Waals surface area contributed by atoms with Crippen molar-refractivity contribution in [3.8, 4) is 0 Å². The molecule has 0 fully saturated rings. The molecule has 2 atom stereocenters. The van der Waals surface area contributed by atoms with Crippen LogP contribution in [0.25, 0.3) is 0 Å². The molecule has 112 valence electrons. The normalized spacial score (nSPS) is 14.6. The highest BCUT2D eigenvalue weighted by atomic mass is 32.2. The summed E-state index contributed by atoms with van der Waals surface area (Å²) >= 11 is 0. The van der Waals surface area contributed by atoms with Gasteiger partial charge >= 0.3 is 0 Å². The number of hydrogen-bond donors (Lipinski definition) is 2. The Balaban J connectivity index is 2.98. The van der Waals surface area contributed by atoms with Gasteiger partial charge in [-0.15, -0.1) is 0 Å². The molecule has 0 aliphatic carbocycles. The van der Waals surface area contributed by atoms with Crippen LogP contribution >= 0.6 is 0 Å². The number of benzene rings is 1. The maximum absolute atomic E-state index is 12.0. The lowest BCUT2D eigenvalue weighted by Crippen LogP contribution is -2.36. The highest BCUT2D eigenvalue weighted by Crippen LogP contribution is 2.15. The Hall–Kier alpha value is -1.25. The maximum atomic E-state index is 12.0. The van der Waals surface area contributed by atoms with Gasteiger partial charge < -0.3 is 5.32 Å². The van der Waals surface area contributed by atoms with Crippen LogP contribution in [0.5, 0.6) is 0 Å². The van der Waals surface area contributed by atoms with Crippen LogP contribution < -0.4 is 10.5 Å². The van der Waals surface area contributed by atoms with Crippen molar-refractivity contribution in [2.24, 2.45) is 5.14 Å². The van der Waals surface area contributed by atoms with Gasteiger partial charge in [0.15, 0.2) is 0 Å². The first kappa shape index (κ1) is 16.8. The summed E-state index contributed by atoms with van der Waals surface area (Å²) in [6, 6.07) is 4.02. The fourth-order valence-corrected chi connectivity index (χ4v) is 3.34. The van der Waals surface area contributed by atoms with Crippen molar-refractivity contribution in [3.63, 3.8) is 0 Å². The van der Waals surface area contributed by atoms with E-state index in [9.17, 15) is 17.4 Å². The standard InChI is InChI=1S/C12H18N2O4S2/c1-8-4-5-10(6-11(8)20(13,17)18)12(15)14-9(2)7-19(3)16/h4-6,9H,7H2,1-3H3,(H,14,15)(H2,13,17,18). The fourth-order valence-electron chi connectivity index (χ4n) is 1.75. The van der Waals surface area contributed by atoms with Crippen LogP contribution in [-0.2, 0) is 20.8 Å². The molecule has 0 aliphatic rings. The molecule has 6 nitrogen and oxygen atoms in total. The second-order valence-electron chi connectivity index (χ2n) is 4.64. The summed E-state index contributed by atoms with van der Waals surface area (Å²) in [6.45, 7) is 3.33. The zero-order chi connectivity index (χ0) is 15.5. The van der Waals surface area contributed by atoms with E-state index in [0.717, 1.165) is 0 Å². The van der Waals surface area contributed by atoms with Crippen molar-refractivity contribution in [2.75, 3.05) is 12.0 Å². The summed E-state index contributed by atoms with van der Waals surface area (Å²) in [6.07, 6.45) is 1.55. The molecule has 1 aromatic rings. The van der Waals surface area contributed by atoms with E-state index in [1.807, 2.05) is 0 Å². The first-order valence-electron chi connectivity index (χ1n) is 5.85. The quantitative estimate of drug-likeness (QED) is 0.805. The second kappa shape index (κ2) is 6.47. The van der Waals surface area contributed by atoms with E-state index in [2.05, 4.69) is 5.32 Å². The molecule has 0 aromatic heterocycles. The van der Waals surface area contributed by atoms with E-state index in [0.29, 0.717) is 11.3 Å². The minimum atomic E-state index is -3.87. The highest BCUT2D eigenvalue weighted by Gasteiger charge is 2.16. The van der Waals surface area contributed by atoms with Crippen molar-refractivity contribution < 1.29 is 17.4 Å². The van der Waals surface area contributed by atoms with E-state index in [4.69, 9.17) is 5.14 Å². The van der Waals surface area contributed by atoms with Crippen LogP contribution in [0.1, 0.15) is 22.8 Å². The summed E-state index contributed by atoms with van der Waals surface area (Å²) in [5.74, 6) is -0.0903. The Morgan fingerprint density at radius 1 is 1.45 bits per heavy atom. The third kappa shape index (κ3) is 4.69. The van der Waals surface area contributed by atoms with Crippen LogP contribution in [0.4, 0.5) is 0 Å². The summed E-state index contributed by atoms with van der Waals surface area (Å²) in [4.78, 5) is 11.9. The van der Waals surface area contributed by atoms with Gasteiger partial charge in [0.2, 0.25) is 10.0 Å². The Kier molecular flexibility index (Phi) is 5.43. The Morgan fingerprint density at radius 2 is 2.05 bits per heavy atom. The summed E-state index contributed by atoms with van der Waals surface area (Å²) < 4.78 is 33.9. The third-order valence-corrected chi connectivity index (χ3v) is 4.64. The molecule has 1 amide bonds. The molecule has 0 saturated heterocycles. The predicted octanol–water partition coefficient (Wildman–Crippen LogP) is 0.139. The van der Waals surface area contributed by atoms with Gasteiger partial charge in [0.1, 0.15) is 0 Å². The molecule has 0 radical (unpaired) electrons. The van der Waals surface area contributed by atoms with E-state index in [1.165, 1.54) is 18.2 Å². The zero-order valence-electron chi connectivity index (χ0n) is 11.5. The number of amides is 1. The topological polar surface area (TPSA) is 106 Å². The summed E-state index contributed by atoms with van der Waals surface area (Å²) in [5.41, 5.74) is 0.681. The summed E-state index contributed by atoms with van der Waals surface area (Å²) in [5, 5.41) is 7.75. The van der Waals surface area contributed by atoms with E-state index in [1.54, 1.807) is 20.1 Å². The first-order chi connectivity index (χ1) is 9.11. The number of sulfonamides is 1. The number of hydrogen-bond acceptors (Lipinski definition) is 4. The number of rotatable bonds is 5. The highest BCUT2D eigenvalue weighted by molar-refractivity contribution is 7.89. The minimum Gasteiger partial charge on any atom is -0.349 e. The molecule has 2 unspecified atom stereocenters. The SMILES string of the molecule is Cc1ccc(C(=O)NC(C)CS(C)=O)cc1S(N)(=O)=O. The smallest absolute Gasteiger partial charge is 0.251 e. The molecule has 1 aromatic carbocycles. The second-order valence-corrected chi connectivity index (χ2v) is 7.65. The molecule has 0 spiro atoms. The first-order valence-corrected chi connectivity index (χ1v) is 9.13. The fraction of sp³-hybridized carbons (Fsp3) is 0.417. The average molecular weight is 318 g/mol. The van der Waals surface area contributed by atoms with Gasteiger partial charge in [0, 0.05) is 34.4 Å². The molecular weight excluding hydrogens is 300 g/mol. The number of aryl methyl sites for hydroxylation is 1. The van der Waals surface area contributed by atoms with Crippen LogP contribution in [0.3, 0.4) is 0 Å². The van der Waals surface area contributed by atoms with E-state index in [-0.39, 0.29) is 16.5 Å². The van der Waals surface area contributed by atoms with Crippen LogP contribution in [0, 0.1) is 6.92 Å². The lowest BCUT2D eigenvalue weighted by atomic mass is 10.1. The monoisotopic (exact) mass is 318 g/mol. The minimum absolute atomic E-state index is 0.0723. The molecule has 0 heterocycles. The Morgan fingerprint density at radius 3 is 2.55 bits per heavy atom. The zero-order valence-corrected chi connectivity index (χ0v) is 13.2. The van der Waals surface area contributed by atoms with E-state index < -0.39 is 26.7 Å². The predicted molar refractivity (Wildman–Crippen MR) is 78.4 cm³/mol. The van der Waals surface area contributed by atoms with Gasteiger partial charge in [-0.1, -0.05) is 6.07 Å². The van der Waals surface area contributed by atoms with Gasteiger partial charge in [-0.3, -0.25) is 9.00 Å². The number of nitrogens with one attached hydrogen (secondary N) is 1. The third-order valence-electron chi connectivity index (χ3n) is 2.62. The summed E-state index contributed by atoms with van der Waals surface area (Å²) in [7, 11) is -4.89. The lowest BCUT2D eigenvalue weighted by molar-refractivity contribution is 0.0943. The molecule has 0 aliphatic heterocycles. The van der Waals surface area contributed by atoms with Gasteiger partial charge in [0.25, 0.3) is 5.91 Å². The number of nitrogens with two attached hydrogens (primary N) is 1. The number of carbonyl (C=O) groups excluding carboxylic acids is 1. The van der Waals surface area contributed by atoms with Crippen molar-refractivity contribution in [2.45, 2.75) is 24.8 Å². The molecule has 20 heavy (non-hydrogen) atoms. The van der Waals surface area contributed by atoms with Gasteiger partial charge in [0.05, 0.1) is 4.90 Å². The van der Waals surface area contributed by atoms with Crippen molar-refractivity contribution in [1.29, 1.82) is 0 Å². The molecule has 1 rings (SSSR count). The van der Waals surface area contributed by atoms with Crippen molar-refractivity contribution >= 4 is 26.7 Å². The van der Waals surface area contributed by atoms with Gasteiger partial charge in [-0.25, -0.2) is 13.6 Å². The molecule has 0 bridgehead atoms. The lowest BCUT2D eigenvalue weighted by Gasteiger charge is -2.13. The van der Waals surface area contributed by atoms with Crippen molar-refractivity contribution in [3.05, 3.63) is 29.3 Å². The number of primary sulfonamides is 1. The molecular formula is C12H18N2O4S2. The van der Waals surface area contributed by atoms with Gasteiger partial charge in [-0.2, -0.15) is 0 Å². The largest absolute Gasteiger partial charge is 0.349 e. The molecule has 0 saturated carbocycles. The Bertz CT molecular complexity index is 641. The molecule has 8 heteroatoms. The van der Waals surface area contributed by atoms with Crippen LogP contribution in [0.2, 0.25) is 0 Å². The maximum Gasteiger partial charge on any atom is 0.251 e. The Labute approximate surface area is 121 Å². The van der Waals surface area contributed by atoms with Gasteiger partial charge in [-0.05, 0) is 31.5 Å². The number of carbonyl (C=O) groups is 1.